The van der Waals surface area contributed by atoms with Crippen molar-refractivity contribution in [1.29, 1.82) is 0 Å². The fourth-order valence-electron chi connectivity index (χ4n) is 3.44. The lowest BCUT2D eigenvalue weighted by atomic mass is 10.1. The van der Waals surface area contributed by atoms with Crippen LogP contribution in [0.4, 0.5) is 17.1 Å². The molecule has 164 valence electrons. The average Bonchev–Trinajstić information content (AvgIpc) is 3.44. The van der Waals surface area contributed by atoms with Crippen molar-refractivity contribution in [2.75, 3.05) is 22.1 Å². The highest BCUT2D eigenvalue weighted by atomic mass is 35.5. The van der Waals surface area contributed by atoms with Crippen molar-refractivity contribution >= 4 is 46.4 Å². The Balaban J connectivity index is 1.34. The number of hydrogen-bond donors (Lipinski definition) is 2. The lowest BCUT2D eigenvalue weighted by molar-refractivity contribution is -0.122. The van der Waals surface area contributed by atoms with E-state index in [1.54, 1.807) is 60.4 Å². The van der Waals surface area contributed by atoms with Crippen LogP contribution in [-0.4, -0.2) is 39.0 Å². The van der Waals surface area contributed by atoms with Crippen molar-refractivity contribution in [2.24, 2.45) is 5.92 Å². The highest BCUT2D eigenvalue weighted by Gasteiger charge is 2.35. The molecule has 2 N–H and O–H groups in total. The SMILES string of the molecule is CC(C(=O)Nc1ccc(NC(=O)C2CC(=O)N(c3cccc(Cl)c3)C2)cc1)n1cncn1. The highest BCUT2D eigenvalue weighted by molar-refractivity contribution is 6.31. The van der Waals surface area contributed by atoms with Crippen molar-refractivity contribution in [3.05, 3.63) is 66.2 Å². The fourth-order valence-corrected chi connectivity index (χ4v) is 3.63. The maximum Gasteiger partial charge on any atom is 0.249 e. The second-order valence-electron chi connectivity index (χ2n) is 7.49. The molecule has 1 aliphatic heterocycles. The van der Waals surface area contributed by atoms with Crippen molar-refractivity contribution in [2.45, 2.75) is 19.4 Å². The summed E-state index contributed by atoms with van der Waals surface area (Å²) in [6, 6.07) is 13.3. The van der Waals surface area contributed by atoms with Gasteiger partial charge in [-0.3, -0.25) is 14.4 Å². The van der Waals surface area contributed by atoms with Crippen LogP contribution in [0.25, 0.3) is 0 Å². The number of aromatic nitrogens is 3. The van der Waals surface area contributed by atoms with Crippen LogP contribution in [0.3, 0.4) is 0 Å². The van der Waals surface area contributed by atoms with Gasteiger partial charge in [0.15, 0.2) is 0 Å². The molecule has 3 aromatic rings. The van der Waals surface area contributed by atoms with Crippen LogP contribution >= 0.6 is 11.6 Å². The maximum atomic E-state index is 12.7. The van der Waals surface area contributed by atoms with Gasteiger partial charge in [-0.05, 0) is 49.4 Å². The molecule has 2 unspecified atom stereocenters. The standard InChI is InChI=1S/C22H21ClN6O3/c1-14(29-13-24-12-25-29)21(31)26-17-5-7-18(8-6-17)27-22(32)15-9-20(30)28(11-15)19-4-2-3-16(23)10-19/h2-8,10,12-15H,9,11H2,1H3,(H,26,31)(H,27,32). The van der Waals surface area contributed by atoms with Gasteiger partial charge >= 0.3 is 0 Å². The molecule has 4 rings (SSSR count). The predicted molar refractivity (Wildman–Crippen MR) is 120 cm³/mol. The summed E-state index contributed by atoms with van der Waals surface area (Å²) in [4.78, 5) is 42.8. The number of carbonyl (C=O) groups is 3. The van der Waals surface area contributed by atoms with E-state index in [4.69, 9.17) is 11.6 Å². The molecule has 9 nitrogen and oxygen atoms in total. The monoisotopic (exact) mass is 452 g/mol. The maximum absolute atomic E-state index is 12.7. The molecular formula is C22H21ClN6O3. The van der Waals surface area contributed by atoms with E-state index in [1.165, 1.54) is 17.3 Å². The molecule has 2 aromatic carbocycles. The predicted octanol–water partition coefficient (Wildman–Crippen LogP) is 3.12. The zero-order valence-corrected chi connectivity index (χ0v) is 18.0. The van der Waals surface area contributed by atoms with Crippen LogP contribution in [0.15, 0.2) is 61.2 Å². The summed E-state index contributed by atoms with van der Waals surface area (Å²) in [7, 11) is 0. The summed E-state index contributed by atoms with van der Waals surface area (Å²) < 4.78 is 1.46. The zero-order valence-electron chi connectivity index (χ0n) is 17.2. The molecule has 0 radical (unpaired) electrons. The normalized spacial score (nSPS) is 16.6. The summed E-state index contributed by atoms with van der Waals surface area (Å²) in [5, 5.41) is 10.1. The van der Waals surface area contributed by atoms with Crippen molar-refractivity contribution in [1.82, 2.24) is 14.8 Å². The number of benzene rings is 2. The summed E-state index contributed by atoms with van der Waals surface area (Å²) in [6.07, 6.45) is 2.98. The number of halogens is 1. The minimum absolute atomic E-state index is 0.119. The van der Waals surface area contributed by atoms with Gasteiger partial charge in [-0.1, -0.05) is 17.7 Å². The summed E-state index contributed by atoms with van der Waals surface area (Å²) in [5.74, 6) is -1.06. The smallest absolute Gasteiger partial charge is 0.249 e. The first-order chi connectivity index (χ1) is 15.4. The minimum Gasteiger partial charge on any atom is -0.326 e. The Morgan fingerprint density at radius 2 is 1.84 bits per heavy atom. The van der Waals surface area contributed by atoms with E-state index in [1.807, 2.05) is 0 Å². The molecule has 3 amide bonds. The van der Waals surface area contributed by atoms with E-state index >= 15 is 0 Å². The number of amides is 3. The Kier molecular flexibility index (Phi) is 6.18. The third kappa shape index (κ3) is 4.78. The Hall–Kier alpha value is -3.72. The lowest BCUT2D eigenvalue weighted by Gasteiger charge is -2.17. The Labute approximate surface area is 189 Å². The average molecular weight is 453 g/mol. The number of anilines is 3. The molecule has 0 bridgehead atoms. The van der Waals surface area contributed by atoms with Crippen LogP contribution in [0.2, 0.25) is 5.02 Å². The molecule has 0 aliphatic carbocycles. The van der Waals surface area contributed by atoms with Crippen molar-refractivity contribution < 1.29 is 14.4 Å². The van der Waals surface area contributed by atoms with Gasteiger partial charge in [-0.15, -0.1) is 0 Å². The molecule has 1 saturated heterocycles. The topological polar surface area (TPSA) is 109 Å². The summed E-state index contributed by atoms with van der Waals surface area (Å²) >= 11 is 6.01. The minimum atomic E-state index is -0.515. The van der Waals surface area contributed by atoms with Crippen LogP contribution in [0.5, 0.6) is 0 Å². The third-order valence-corrected chi connectivity index (χ3v) is 5.48. The molecule has 10 heteroatoms. The van der Waals surface area contributed by atoms with Crippen molar-refractivity contribution in [3.8, 4) is 0 Å². The molecule has 1 aliphatic rings. The zero-order chi connectivity index (χ0) is 22.7. The van der Waals surface area contributed by atoms with Gasteiger partial charge in [-0.25, -0.2) is 9.67 Å². The van der Waals surface area contributed by atoms with Crippen LogP contribution < -0.4 is 15.5 Å². The highest BCUT2D eigenvalue weighted by Crippen LogP contribution is 2.28. The summed E-state index contributed by atoms with van der Waals surface area (Å²) in [6.45, 7) is 2.01. The third-order valence-electron chi connectivity index (χ3n) is 5.25. The quantitative estimate of drug-likeness (QED) is 0.597. The van der Waals surface area contributed by atoms with E-state index in [2.05, 4.69) is 20.7 Å². The molecular weight excluding hydrogens is 432 g/mol. The summed E-state index contributed by atoms with van der Waals surface area (Å²) in [5.41, 5.74) is 1.84. The van der Waals surface area contributed by atoms with E-state index in [-0.39, 0.29) is 24.1 Å². The number of nitrogens with zero attached hydrogens (tertiary/aromatic N) is 4. The van der Waals surface area contributed by atoms with E-state index < -0.39 is 12.0 Å². The van der Waals surface area contributed by atoms with Crippen LogP contribution in [-0.2, 0) is 14.4 Å². The number of rotatable bonds is 6. The van der Waals surface area contributed by atoms with Gasteiger partial charge in [-0.2, -0.15) is 5.10 Å². The Morgan fingerprint density at radius 3 is 2.50 bits per heavy atom. The second-order valence-corrected chi connectivity index (χ2v) is 7.93. The molecule has 0 spiro atoms. The van der Waals surface area contributed by atoms with Gasteiger partial charge in [0.1, 0.15) is 18.7 Å². The van der Waals surface area contributed by atoms with Gasteiger partial charge < -0.3 is 15.5 Å². The molecule has 2 atom stereocenters. The first-order valence-electron chi connectivity index (χ1n) is 10.0. The Morgan fingerprint density at radius 1 is 1.12 bits per heavy atom. The molecule has 2 heterocycles. The number of nitrogens with one attached hydrogen (secondary N) is 2. The Bertz CT molecular complexity index is 1130. The van der Waals surface area contributed by atoms with Gasteiger partial charge in [0, 0.05) is 35.1 Å². The van der Waals surface area contributed by atoms with Gasteiger partial charge in [0.05, 0.1) is 5.92 Å². The molecule has 1 fully saturated rings. The van der Waals surface area contributed by atoms with Crippen LogP contribution in [0.1, 0.15) is 19.4 Å². The van der Waals surface area contributed by atoms with E-state index in [0.29, 0.717) is 28.6 Å². The lowest BCUT2D eigenvalue weighted by Crippen LogP contribution is -2.28. The largest absolute Gasteiger partial charge is 0.326 e. The van der Waals surface area contributed by atoms with Gasteiger partial charge in [0.2, 0.25) is 17.7 Å². The first kappa shape index (κ1) is 21.5. The van der Waals surface area contributed by atoms with Gasteiger partial charge in [0.25, 0.3) is 0 Å². The van der Waals surface area contributed by atoms with E-state index in [9.17, 15) is 14.4 Å². The number of hydrogen-bond acceptors (Lipinski definition) is 5. The van der Waals surface area contributed by atoms with Crippen LogP contribution in [0, 0.1) is 5.92 Å². The van der Waals surface area contributed by atoms with Crippen molar-refractivity contribution in [3.63, 3.8) is 0 Å². The first-order valence-corrected chi connectivity index (χ1v) is 10.4. The number of carbonyl (C=O) groups excluding carboxylic acids is 3. The second kappa shape index (κ2) is 9.19. The fraction of sp³-hybridized carbons (Fsp3) is 0.227. The van der Waals surface area contributed by atoms with E-state index in [0.717, 1.165) is 0 Å². The molecule has 32 heavy (non-hydrogen) atoms. The molecule has 1 aromatic heterocycles. The molecule has 0 saturated carbocycles.